The van der Waals surface area contributed by atoms with Crippen molar-refractivity contribution >= 4 is 16.5 Å². The lowest BCUT2D eigenvalue weighted by molar-refractivity contribution is 0.186. The zero-order valence-electron chi connectivity index (χ0n) is 7.77. The monoisotopic (exact) mass is 198 g/mol. The third-order valence-electron chi connectivity index (χ3n) is 2.30. The highest BCUT2D eigenvalue weighted by atomic mass is 32.1. The number of rotatable bonds is 3. The van der Waals surface area contributed by atoms with Gasteiger partial charge in [0.1, 0.15) is 0 Å². The van der Waals surface area contributed by atoms with E-state index in [2.05, 4.69) is 16.9 Å². The summed E-state index contributed by atoms with van der Waals surface area (Å²) >= 11 is 1.69. The van der Waals surface area contributed by atoms with Gasteiger partial charge in [-0.25, -0.2) is 4.98 Å². The molecule has 1 aliphatic rings. The van der Waals surface area contributed by atoms with Gasteiger partial charge in [-0.1, -0.05) is 0 Å². The summed E-state index contributed by atoms with van der Waals surface area (Å²) in [5.74, 6) is 0.689. The van der Waals surface area contributed by atoms with Crippen LogP contribution in [0.2, 0.25) is 0 Å². The van der Waals surface area contributed by atoms with E-state index < -0.39 is 0 Å². The first-order valence-corrected chi connectivity index (χ1v) is 5.42. The van der Waals surface area contributed by atoms with Gasteiger partial charge in [0.05, 0.1) is 6.61 Å². The summed E-state index contributed by atoms with van der Waals surface area (Å²) < 4.78 is 5.33. The third kappa shape index (κ3) is 2.19. The van der Waals surface area contributed by atoms with Crippen molar-refractivity contribution in [3.05, 3.63) is 11.6 Å². The second kappa shape index (κ2) is 4.07. The van der Waals surface area contributed by atoms with Crippen LogP contribution in [0.1, 0.15) is 6.42 Å². The topological polar surface area (TPSA) is 25.4 Å². The number of ether oxygens (including phenoxy) is 1. The Morgan fingerprint density at radius 2 is 2.69 bits per heavy atom. The molecule has 0 bridgehead atoms. The number of aromatic nitrogens is 1. The van der Waals surface area contributed by atoms with Gasteiger partial charge in [0.2, 0.25) is 0 Å². The maximum atomic E-state index is 5.33. The van der Waals surface area contributed by atoms with E-state index >= 15 is 0 Å². The predicted molar refractivity (Wildman–Crippen MR) is 54.3 cm³/mol. The first kappa shape index (κ1) is 8.97. The number of nitrogens with zero attached hydrogens (tertiary/aromatic N) is 2. The highest BCUT2D eigenvalue weighted by molar-refractivity contribution is 7.13. The fourth-order valence-electron chi connectivity index (χ4n) is 1.60. The van der Waals surface area contributed by atoms with Gasteiger partial charge in [-0.15, -0.1) is 11.3 Å². The van der Waals surface area contributed by atoms with Crippen molar-refractivity contribution in [1.29, 1.82) is 0 Å². The number of thiazole rings is 1. The SMILES string of the molecule is CN(CC1CCOC1)c1nccs1. The summed E-state index contributed by atoms with van der Waals surface area (Å²) in [6.07, 6.45) is 3.04. The van der Waals surface area contributed by atoms with Crippen LogP contribution in [0.4, 0.5) is 5.13 Å². The first-order valence-electron chi connectivity index (χ1n) is 4.54. The normalized spacial score (nSPS) is 22.1. The molecule has 4 heteroatoms. The summed E-state index contributed by atoms with van der Waals surface area (Å²) in [6.45, 7) is 2.90. The Morgan fingerprint density at radius 1 is 1.77 bits per heavy atom. The molecule has 3 nitrogen and oxygen atoms in total. The molecule has 0 spiro atoms. The van der Waals surface area contributed by atoms with Crippen molar-refractivity contribution in [3.8, 4) is 0 Å². The van der Waals surface area contributed by atoms with Crippen LogP contribution in [0.25, 0.3) is 0 Å². The van der Waals surface area contributed by atoms with E-state index in [-0.39, 0.29) is 0 Å². The fourth-order valence-corrected chi connectivity index (χ4v) is 2.22. The van der Waals surface area contributed by atoms with Crippen molar-refractivity contribution in [1.82, 2.24) is 4.98 Å². The lowest BCUT2D eigenvalue weighted by atomic mass is 10.1. The molecule has 0 aliphatic carbocycles. The Bertz CT molecular complexity index is 244. The Hall–Kier alpha value is -0.610. The molecular formula is C9H14N2OS. The standard InChI is InChI=1S/C9H14N2OS/c1-11(9-10-3-5-13-9)6-8-2-4-12-7-8/h3,5,8H,2,4,6-7H2,1H3. The van der Waals surface area contributed by atoms with Crippen LogP contribution >= 0.6 is 11.3 Å². The second-order valence-electron chi connectivity index (χ2n) is 3.42. The van der Waals surface area contributed by atoms with Gasteiger partial charge in [-0.2, -0.15) is 0 Å². The molecule has 0 saturated carbocycles. The van der Waals surface area contributed by atoms with Crippen LogP contribution in [0.15, 0.2) is 11.6 Å². The molecule has 72 valence electrons. The van der Waals surface area contributed by atoms with Gasteiger partial charge in [-0.05, 0) is 6.42 Å². The van der Waals surface area contributed by atoms with Gasteiger partial charge in [0, 0.05) is 37.7 Å². The summed E-state index contributed by atoms with van der Waals surface area (Å²) in [5.41, 5.74) is 0. The van der Waals surface area contributed by atoms with Crippen LogP contribution < -0.4 is 4.90 Å². The Morgan fingerprint density at radius 3 is 3.31 bits per heavy atom. The van der Waals surface area contributed by atoms with Gasteiger partial charge >= 0.3 is 0 Å². The van der Waals surface area contributed by atoms with Crippen molar-refractivity contribution in [2.24, 2.45) is 5.92 Å². The molecule has 1 aromatic rings. The van der Waals surface area contributed by atoms with Gasteiger partial charge in [0.15, 0.2) is 5.13 Å². The molecule has 2 heterocycles. The van der Waals surface area contributed by atoms with Crippen LogP contribution in [-0.2, 0) is 4.74 Å². The van der Waals surface area contributed by atoms with Crippen LogP contribution in [0.5, 0.6) is 0 Å². The van der Waals surface area contributed by atoms with Gasteiger partial charge < -0.3 is 9.64 Å². The quantitative estimate of drug-likeness (QED) is 0.738. The number of hydrogen-bond donors (Lipinski definition) is 0. The van der Waals surface area contributed by atoms with Crippen molar-refractivity contribution < 1.29 is 4.74 Å². The minimum Gasteiger partial charge on any atom is -0.381 e. The number of anilines is 1. The highest BCUT2D eigenvalue weighted by Crippen LogP contribution is 2.19. The minimum atomic E-state index is 0.689. The largest absolute Gasteiger partial charge is 0.381 e. The molecule has 0 amide bonds. The minimum absolute atomic E-state index is 0.689. The molecule has 1 aromatic heterocycles. The molecule has 1 unspecified atom stereocenters. The molecule has 13 heavy (non-hydrogen) atoms. The van der Waals surface area contributed by atoms with Crippen molar-refractivity contribution in [2.75, 3.05) is 31.7 Å². The average Bonchev–Trinajstić information content (AvgIpc) is 2.74. The molecular weight excluding hydrogens is 184 g/mol. The van der Waals surface area contributed by atoms with Crippen LogP contribution in [0.3, 0.4) is 0 Å². The van der Waals surface area contributed by atoms with E-state index in [0.29, 0.717) is 5.92 Å². The molecule has 1 aliphatic heterocycles. The lowest BCUT2D eigenvalue weighted by Gasteiger charge is -2.18. The van der Waals surface area contributed by atoms with E-state index in [9.17, 15) is 0 Å². The van der Waals surface area contributed by atoms with E-state index in [1.165, 1.54) is 6.42 Å². The molecule has 1 fully saturated rings. The maximum absolute atomic E-state index is 5.33. The Kier molecular flexibility index (Phi) is 2.80. The smallest absolute Gasteiger partial charge is 0.184 e. The zero-order chi connectivity index (χ0) is 9.10. The van der Waals surface area contributed by atoms with Gasteiger partial charge in [0.25, 0.3) is 0 Å². The van der Waals surface area contributed by atoms with Crippen LogP contribution in [0, 0.1) is 5.92 Å². The van der Waals surface area contributed by atoms with E-state index in [4.69, 9.17) is 4.74 Å². The first-order chi connectivity index (χ1) is 6.36. The van der Waals surface area contributed by atoms with E-state index in [1.54, 1.807) is 11.3 Å². The molecule has 0 N–H and O–H groups in total. The lowest BCUT2D eigenvalue weighted by Crippen LogP contribution is -2.25. The Balaban J connectivity index is 1.87. The second-order valence-corrected chi connectivity index (χ2v) is 4.30. The number of hydrogen-bond acceptors (Lipinski definition) is 4. The maximum Gasteiger partial charge on any atom is 0.184 e. The van der Waals surface area contributed by atoms with Crippen molar-refractivity contribution in [3.63, 3.8) is 0 Å². The summed E-state index contributed by atoms with van der Waals surface area (Å²) in [7, 11) is 2.09. The van der Waals surface area contributed by atoms with Crippen LogP contribution in [-0.4, -0.2) is 31.8 Å². The van der Waals surface area contributed by atoms with Gasteiger partial charge in [-0.3, -0.25) is 0 Å². The molecule has 0 radical (unpaired) electrons. The molecule has 2 rings (SSSR count). The van der Waals surface area contributed by atoms with Crippen molar-refractivity contribution in [2.45, 2.75) is 6.42 Å². The highest BCUT2D eigenvalue weighted by Gasteiger charge is 2.18. The zero-order valence-corrected chi connectivity index (χ0v) is 8.59. The van der Waals surface area contributed by atoms with E-state index in [0.717, 1.165) is 24.9 Å². The third-order valence-corrected chi connectivity index (χ3v) is 3.19. The predicted octanol–water partition coefficient (Wildman–Crippen LogP) is 1.62. The summed E-state index contributed by atoms with van der Waals surface area (Å²) in [6, 6.07) is 0. The molecule has 0 aromatic carbocycles. The average molecular weight is 198 g/mol. The van der Waals surface area contributed by atoms with E-state index in [1.807, 2.05) is 11.6 Å². The Labute approximate surface area is 82.3 Å². The summed E-state index contributed by atoms with van der Waals surface area (Å²) in [5, 5.41) is 3.11. The molecule has 1 atom stereocenters. The molecule has 1 saturated heterocycles. The summed E-state index contributed by atoms with van der Waals surface area (Å²) in [4.78, 5) is 6.47. The fraction of sp³-hybridized carbons (Fsp3) is 0.667.